The van der Waals surface area contributed by atoms with Crippen LogP contribution in [0.1, 0.15) is 49.9 Å². The molecule has 0 bridgehead atoms. The van der Waals surface area contributed by atoms with Crippen LogP contribution in [0.3, 0.4) is 0 Å². The molecule has 2 aromatic carbocycles. The molecule has 0 fully saturated rings. The molecule has 0 atom stereocenters. The maximum atomic E-state index is 6.13. The Hall–Kier alpha value is -1.38. The van der Waals surface area contributed by atoms with E-state index < -0.39 is 0 Å². The number of hydrogen-bond acceptors (Lipinski definition) is 2. The zero-order valence-electron chi connectivity index (χ0n) is 15.4. The van der Waals surface area contributed by atoms with Crippen molar-refractivity contribution in [3.05, 3.63) is 58.7 Å². The highest BCUT2D eigenvalue weighted by Crippen LogP contribution is 2.36. The largest absolute Gasteiger partial charge is 0.494 e. The highest BCUT2D eigenvalue weighted by molar-refractivity contribution is 6.17. The van der Waals surface area contributed by atoms with Gasteiger partial charge in [0, 0.05) is 16.5 Å². The van der Waals surface area contributed by atoms with Crippen molar-refractivity contribution in [2.24, 2.45) is 0 Å². The summed E-state index contributed by atoms with van der Waals surface area (Å²) < 4.78 is 11.3. The lowest BCUT2D eigenvalue weighted by molar-refractivity contribution is 0.337. The third kappa shape index (κ3) is 4.43. The van der Waals surface area contributed by atoms with Crippen molar-refractivity contribution in [2.45, 2.75) is 44.9 Å². The molecule has 0 radical (unpaired) electrons. The Bertz CT molecular complexity index is 652. The minimum atomic E-state index is -0.183. The predicted molar refractivity (Wildman–Crippen MR) is 106 cm³/mol. The maximum Gasteiger partial charge on any atom is 0.123 e. The van der Waals surface area contributed by atoms with Crippen LogP contribution in [0.25, 0.3) is 0 Å². The second-order valence-electron chi connectivity index (χ2n) is 6.40. The second kappa shape index (κ2) is 8.82. The maximum absolute atomic E-state index is 6.13. The second-order valence-corrected chi connectivity index (χ2v) is 6.94. The van der Waals surface area contributed by atoms with Gasteiger partial charge in [-0.1, -0.05) is 38.1 Å². The van der Waals surface area contributed by atoms with Gasteiger partial charge in [-0.25, -0.2) is 0 Å². The van der Waals surface area contributed by atoms with Gasteiger partial charge in [0.1, 0.15) is 11.5 Å². The van der Waals surface area contributed by atoms with Crippen LogP contribution in [-0.2, 0) is 17.2 Å². The first kappa shape index (κ1) is 19.9. The average Bonchev–Trinajstić information content (AvgIpc) is 2.62. The number of alkyl halides is 2. The van der Waals surface area contributed by atoms with E-state index in [0.717, 1.165) is 22.6 Å². The number of halogens is 2. The summed E-state index contributed by atoms with van der Waals surface area (Å²) in [4.78, 5) is 0. The number of ether oxygens (including phenoxy) is 2. The fraction of sp³-hybridized carbons (Fsp3) is 0.429. The Morgan fingerprint density at radius 3 is 1.48 bits per heavy atom. The van der Waals surface area contributed by atoms with Crippen LogP contribution in [-0.4, -0.2) is 13.2 Å². The van der Waals surface area contributed by atoms with Crippen molar-refractivity contribution in [1.29, 1.82) is 0 Å². The Kier molecular flexibility index (Phi) is 7.04. The van der Waals surface area contributed by atoms with Gasteiger partial charge in [0.05, 0.1) is 25.0 Å². The lowest BCUT2D eigenvalue weighted by atomic mass is 9.77. The van der Waals surface area contributed by atoms with E-state index in [-0.39, 0.29) is 5.41 Å². The van der Waals surface area contributed by atoms with Crippen LogP contribution in [0.2, 0.25) is 0 Å². The van der Waals surface area contributed by atoms with Gasteiger partial charge in [-0.2, -0.15) is 0 Å². The number of rotatable bonds is 8. The average molecular weight is 381 g/mol. The van der Waals surface area contributed by atoms with Crippen molar-refractivity contribution in [3.8, 4) is 11.5 Å². The SMILES string of the molecule is CCOc1ccc(C(C)(C)c2ccc(OCC)c(CCl)c2)cc1CCl. The van der Waals surface area contributed by atoms with Gasteiger partial charge in [0.25, 0.3) is 0 Å². The summed E-state index contributed by atoms with van der Waals surface area (Å²) in [6.45, 7) is 9.62. The summed E-state index contributed by atoms with van der Waals surface area (Å²) in [7, 11) is 0. The Balaban J connectivity index is 2.44. The number of hydrogen-bond donors (Lipinski definition) is 0. The summed E-state index contributed by atoms with van der Waals surface area (Å²) in [5, 5.41) is 0. The van der Waals surface area contributed by atoms with E-state index in [4.69, 9.17) is 32.7 Å². The van der Waals surface area contributed by atoms with E-state index >= 15 is 0 Å². The van der Waals surface area contributed by atoms with E-state index in [1.54, 1.807) is 0 Å². The minimum absolute atomic E-state index is 0.183. The van der Waals surface area contributed by atoms with Crippen LogP contribution >= 0.6 is 23.2 Å². The van der Waals surface area contributed by atoms with Crippen molar-refractivity contribution in [3.63, 3.8) is 0 Å². The van der Waals surface area contributed by atoms with Crippen LogP contribution < -0.4 is 9.47 Å². The van der Waals surface area contributed by atoms with E-state index in [1.165, 1.54) is 11.1 Å². The highest BCUT2D eigenvalue weighted by Gasteiger charge is 2.25. The van der Waals surface area contributed by atoms with Gasteiger partial charge in [0.15, 0.2) is 0 Å². The molecule has 0 amide bonds. The third-order valence-corrected chi connectivity index (χ3v) is 5.03. The fourth-order valence-corrected chi connectivity index (χ4v) is 3.32. The molecule has 0 aliphatic heterocycles. The lowest BCUT2D eigenvalue weighted by Gasteiger charge is -2.28. The number of benzene rings is 2. The van der Waals surface area contributed by atoms with E-state index in [2.05, 4.69) is 38.1 Å². The molecule has 2 nitrogen and oxygen atoms in total. The Morgan fingerprint density at radius 1 is 0.760 bits per heavy atom. The van der Waals surface area contributed by atoms with Crippen molar-refractivity contribution >= 4 is 23.2 Å². The summed E-state index contributed by atoms with van der Waals surface area (Å²) in [5.74, 6) is 2.56. The van der Waals surface area contributed by atoms with Crippen molar-refractivity contribution in [2.75, 3.05) is 13.2 Å². The molecule has 2 rings (SSSR count). The monoisotopic (exact) mass is 380 g/mol. The molecule has 0 spiro atoms. The molecule has 0 saturated carbocycles. The molecule has 4 heteroatoms. The molecule has 0 aliphatic carbocycles. The summed E-state index contributed by atoms with van der Waals surface area (Å²) in [6.07, 6.45) is 0. The van der Waals surface area contributed by atoms with Gasteiger partial charge in [-0.15, -0.1) is 23.2 Å². The molecular weight excluding hydrogens is 355 g/mol. The molecule has 0 unspecified atom stereocenters. The lowest BCUT2D eigenvalue weighted by Crippen LogP contribution is -2.19. The van der Waals surface area contributed by atoms with Gasteiger partial charge in [0.2, 0.25) is 0 Å². The first-order valence-corrected chi connectivity index (χ1v) is 9.69. The fourth-order valence-electron chi connectivity index (χ4n) is 2.90. The first-order chi connectivity index (χ1) is 12.0. The van der Waals surface area contributed by atoms with E-state index in [0.29, 0.717) is 25.0 Å². The van der Waals surface area contributed by atoms with Crippen LogP contribution in [0.4, 0.5) is 0 Å². The molecule has 2 aromatic rings. The van der Waals surface area contributed by atoms with Gasteiger partial charge >= 0.3 is 0 Å². The molecule has 0 heterocycles. The van der Waals surface area contributed by atoms with Crippen molar-refractivity contribution in [1.82, 2.24) is 0 Å². The smallest absolute Gasteiger partial charge is 0.123 e. The van der Waals surface area contributed by atoms with Gasteiger partial charge in [-0.05, 0) is 37.1 Å². The summed E-state index contributed by atoms with van der Waals surface area (Å²) in [5.41, 5.74) is 4.22. The molecule has 0 saturated heterocycles. The predicted octanol–water partition coefficient (Wildman–Crippen LogP) is 6.29. The normalized spacial score (nSPS) is 11.4. The summed E-state index contributed by atoms with van der Waals surface area (Å²) in [6, 6.07) is 12.5. The zero-order chi connectivity index (χ0) is 18.4. The molecule has 0 aromatic heterocycles. The minimum Gasteiger partial charge on any atom is -0.494 e. The third-order valence-electron chi connectivity index (χ3n) is 4.45. The van der Waals surface area contributed by atoms with E-state index in [1.807, 2.05) is 26.0 Å². The highest BCUT2D eigenvalue weighted by atomic mass is 35.5. The quantitative estimate of drug-likeness (QED) is 0.501. The van der Waals surface area contributed by atoms with Gasteiger partial charge < -0.3 is 9.47 Å². The first-order valence-electron chi connectivity index (χ1n) is 8.62. The molecule has 25 heavy (non-hydrogen) atoms. The van der Waals surface area contributed by atoms with Crippen molar-refractivity contribution < 1.29 is 9.47 Å². The molecule has 0 N–H and O–H groups in total. The van der Waals surface area contributed by atoms with Crippen LogP contribution in [0, 0.1) is 0 Å². The van der Waals surface area contributed by atoms with E-state index in [9.17, 15) is 0 Å². The molecule has 136 valence electrons. The molecular formula is C21H26Cl2O2. The Labute approximate surface area is 161 Å². The Morgan fingerprint density at radius 2 is 1.16 bits per heavy atom. The standard InChI is InChI=1S/C21H26Cl2O2/c1-5-24-19-9-7-17(11-15(19)13-22)21(3,4)18-8-10-20(25-6-2)16(12-18)14-23/h7-12H,5-6,13-14H2,1-4H3. The zero-order valence-corrected chi connectivity index (χ0v) is 16.9. The van der Waals surface area contributed by atoms with Crippen LogP contribution in [0.5, 0.6) is 11.5 Å². The van der Waals surface area contributed by atoms with Crippen LogP contribution in [0.15, 0.2) is 36.4 Å². The summed E-state index contributed by atoms with van der Waals surface area (Å²) >= 11 is 12.3. The molecule has 0 aliphatic rings. The topological polar surface area (TPSA) is 18.5 Å². The van der Waals surface area contributed by atoms with Gasteiger partial charge in [-0.3, -0.25) is 0 Å².